The number of allylic oxidation sites excluding steroid dienone is 1. The van der Waals surface area contributed by atoms with E-state index in [0.29, 0.717) is 28.0 Å². The molecule has 0 saturated carbocycles. The van der Waals surface area contributed by atoms with Crippen molar-refractivity contribution in [1.29, 1.82) is 0 Å². The van der Waals surface area contributed by atoms with Crippen LogP contribution in [-0.4, -0.2) is 39.2 Å². The number of benzene rings is 2. The molecule has 3 aromatic rings. The number of hydrogen-bond donors (Lipinski definition) is 3. The third kappa shape index (κ3) is 5.16. The summed E-state index contributed by atoms with van der Waals surface area (Å²) in [6.45, 7) is 3.81. The lowest BCUT2D eigenvalue weighted by Gasteiger charge is -2.13. The van der Waals surface area contributed by atoms with Gasteiger partial charge in [0.15, 0.2) is 11.6 Å². The predicted molar refractivity (Wildman–Crippen MR) is 113 cm³/mol. The predicted octanol–water partition coefficient (Wildman–Crippen LogP) is 3.18. The minimum atomic E-state index is -1.18. The van der Waals surface area contributed by atoms with Gasteiger partial charge in [0.2, 0.25) is 0 Å². The third-order valence-electron chi connectivity index (χ3n) is 4.13. The number of halogens is 1. The fourth-order valence-corrected chi connectivity index (χ4v) is 2.82. The molecule has 1 atom stereocenters. The number of nitrogens with two attached hydrogens (primary N) is 1. The number of nitrogens with zero attached hydrogens (tertiary/aromatic N) is 3. The van der Waals surface area contributed by atoms with Gasteiger partial charge in [0.25, 0.3) is 0 Å². The summed E-state index contributed by atoms with van der Waals surface area (Å²) in [5.41, 5.74) is 7.90. The molecule has 8 heteroatoms. The van der Waals surface area contributed by atoms with E-state index in [1.807, 2.05) is 13.8 Å². The summed E-state index contributed by atoms with van der Waals surface area (Å²) in [5, 5.41) is 20.3. The van der Waals surface area contributed by atoms with Crippen LogP contribution in [0.5, 0.6) is 5.75 Å². The smallest absolute Gasteiger partial charge is 0.165 e. The van der Waals surface area contributed by atoms with E-state index in [1.165, 1.54) is 24.3 Å². The summed E-state index contributed by atoms with van der Waals surface area (Å²) in [6, 6.07) is 10.6. The molecule has 7 nitrogen and oxygen atoms in total. The summed E-state index contributed by atoms with van der Waals surface area (Å²) >= 11 is 0. The largest absolute Gasteiger partial charge is 0.491 e. The average molecular weight is 410 g/mol. The van der Waals surface area contributed by atoms with Crippen LogP contribution in [0.3, 0.4) is 0 Å². The van der Waals surface area contributed by atoms with Gasteiger partial charge >= 0.3 is 0 Å². The SMILES string of the molecule is CC(C)=CC(N)=Nc1nc(C(O)c2ccc(F)cc2)nc2cc(OCCO)ccc12. The van der Waals surface area contributed by atoms with Crippen molar-refractivity contribution < 1.29 is 19.3 Å². The average Bonchev–Trinajstić information content (AvgIpc) is 2.71. The van der Waals surface area contributed by atoms with Gasteiger partial charge in [-0.2, -0.15) is 0 Å². The second-order valence-corrected chi connectivity index (χ2v) is 6.87. The molecule has 1 unspecified atom stereocenters. The van der Waals surface area contributed by atoms with E-state index < -0.39 is 11.9 Å². The van der Waals surface area contributed by atoms with Crippen LogP contribution in [0.4, 0.5) is 10.2 Å². The topological polar surface area (TPSA) is 114 Å². The number of aliphatic imine (C=N–C) groups is 1. The lowest BCUT2D eigenvalue weighted by molar-refractivity contribution is 0.201. The van der Waals surface area contributed by atoms with Crippen molar-refractivity contribution in [1.82, 2.24) is 9.97 Å². The van der Waals surface area contributed by atoms with Crippen LogP contribution in [0.15, 0.2) is 59.1 Å². The van der Waals surface area contributed by atoms with Crippen molar-refractivity contribution in [3.63, 3.8) is 0 Å². The van der Waals surface area contributed by atoms with Gasteiger partial charge in [-0.3, -0.25) is 0 Å². The van der Waals surface area contributed by atoms with E-state index in [0.717, 1.165) is 5.57 Å². The summed E-state index contributed by atoms with van der Waals surface area (Å²) in [7, 11) is 0. The molecule has 0 fully saturated rings. The van der Waals surface area contributed by atoms with Gasteiger partial charge in [-0.1, -0.05) is 17.7 Å². The first-order valence-electron chi connectivity index (χ1n) is 9.35. The molecule has 0 saturated heterocycles. The van der Waals surface area contributed by atoms with Crippen LogP contribution >= 0.6 is 0 Å². The second-order valence-electron chi connectivity index (χ2n) is 6.87. The fraction of sp³-hybridized carbons (Fsp3) is 0.227. The van der Waals surface area contributed by atoms with Gasteiger partial charge in [-0.25, -0.2) is 19.4 Å². The number of aromatic nitrogens is 2. The van der Waals surface area contributed by atoms with Crippen molar-refractivity contribution in [3.8, 4) is 5.75 Å². The Morgan fingerprint density at radius 2 is 1.93 bits per heavy atom. The minimum absolute atomic E-state index is 0.0946. The Balaban J connectivity index is 2.13. The Hall–Kier alpha value is -3.36. The number of aliphatic hydroxyl groups is 2. The molecule has 30 heavy (non-hydrogen) atoms. The maximum absolute atomic E-state index is 13.2. The van der Waals surface area contributed by atoms with Crippen molar-refractivity contribution in [2.45, 2.75) is 20.0 Å². The quantitative estimate of drug-likeness (QED) is 0.407. The summed E-state index contributed by atoms with van der Waals surface area (Å²) in [4.78, 5) is 13.2. The number of fused-ring (bicyclic) bond motifs is 1. The zero-order valence-corrected chi connectivity index (χ0v) is 16.7. The van der Waals surface area contributed by atoms with E-state index >= 15 is 0 Å². The van der Waals surface area contributed by atoms with Crippen LogP contribution in [0.2, 0.25) is 0 Å². The van der Waals surface area contributed by atoms with Crippen LogP contribution in [-0.2, 0) is 0 Å². The Kier molecular flexibility index (Phi) is 6.71. The van der Waals surface area contributed by atoms with Crippen LogP contribution in [0, 0.1) is 5.82 Å². The van der Waals surface area contributed by atoms with Crippen LogP contribution in [0.1, 0.15) is 31.3 Å². The van der Waals surface area contributed by atoms with Crippen molar-refractivity contribution in [3.05, 3.63) is 71.3 Å². The zero-order valence-electron chi connectivity index (χ0n) is 16.7. The first kappa shape index (κ1) is 21.4. The molecule has 2 aromatic carbocycles. The highest BCUT2D eigenvalue weighted by atomic mass is 19.1. The Labute approximate surface area is 173 Å². The molecule has 1 aromatic heterocycles. The number of rotatable bonds is 7. The zero-order chi connectivity index (χ0) is 21.7. The molecule has 1 heterocycles. The Morgan fingerprint density at radius 3 is 2.60 bits per heavy atom. The Morgan fingerprint density at radius 1 is 1.20 bits per heavy atom. The fourth-order valence-electron chi connectivity index (χ4n) is 2.82. The monoisotopic (exact) mass is 410 g/mol. The van der Waals surface area contributed by atoms with Crippen molar-refractivity contribution in [2.75, 3.05) is 13.2 Å². The van der Waals surface area contributed by atoms with E-state index in [2.05, 4.69) is 15.0 Å². The molecular weight excluding hydrogens is 387 g/mol. The normalized spacial score (nSPS) is 12.6. The molecule has 0 bridgehead atoms. The molecule has 0 aliphatic carbocycles. The number of amidine groups is 1. The standard InChI is InChI=1S/C22H23FN4O3/c1-13(2)11-19(24)26-21-17-8-7-16(30-10-9-28)12-18(17)25-22(27-21)20(29)14-3-5-15(23)6-4-14/h3-8,11-12,20,28-29H,9-10H2,1-2H3,(H2,24,25,26,27). The first-order chi connectivity index (χ1) is 14.4. The van der Waals surface area contributed by atoms with Gasteiger partial charge in [0.05, 0.1) is 12.1 Å². The molecule has 0 radical (unpaired) electrons. The van der Waals surface area contributed by atoms with Crippen molar-refractivity contribution >= 4 is 22.6 Å². The summed E-state index contributed by atoms with van der Waals surface area (Å²) < 4.78 is 18.7. The summed E-state index contributed by atoms with van der Waals surface area (Å²) in [5.74, 6) is 0.746. The van der Waals surface area contributed by atoms with E-state index in [1.54, 1.807) is 24.3 Å². The maximum atomic E-state index is 13.2. The molecule has 3 rings (SSSR count). The lowest BCUT2D eigenvalue weighted by atomic mass is 10.1. The van der Waals surface area contributed by atoms with E-state index in [4.69, 9.17) is 15.6 Å². The first-order valence-corrected chi connectivity index (χ1v) is 9.35. The van der Waals surface area contributed by atoms with Gasteiger partial charge in [-0.15, -0.1) is 0 Å². The molecule has 156 valence electrons. The molecule has 0 aliphatic heterocycles. The lowest BCUT2D eigenvalue weighted by Crippen LogP contribution is -2.10. The van der Waals surface area contributed by atoms with E-state index in [-0.39, 0.29) is 24.9 Å². The van der Waals surface area contributed by atoms with Crippen LogP contribution < -0.4 is 10.5 Å². The van der Waals surface area contributed by atoms with Gasteiger partial charge in [-0.05, 0) is 49.8 Å². The molecule has 0 amide bonds. The van der Waals surface area contributed by atoms with Crippen LogP contribution in [0.25, 0.3) is 10.9 Å². The molecule has 0 spiro atoms. The highest BCUT2D eigenvalue weighted by molar-refractivity contribution is 5.97. The highest BCUT2D eigenvalue weighted by Crippen LogP contribution is 2.30. The van der Waals surface area contributed by atoms with Gasteiger partial charge in [0, 0.05) is 11.5 Å². The van der Waals surface area contributed by atoms with Crippen molar-refractivity contribution in [2.24, 2.45) is 10.7 Å². The van der Waals surface area contributed by atoms with E-state index in [9.17, 15) is 9.50 Å². The molecule has 4 N–H and O–H groups in total. The van der Waals surface area contributed by atoms with Gasteiger partial charge in [0.1, 0.15) is 30.1 Å². The summed E-state index contributed by atoms with van der Waals surface area (Å²) in [6.07, 6.45) is 0.526. The van der Waals surface area contributed by atoms with Gasteiger partial charge < -0.3 is 20.7 Å². The molecule has 0 aliphatic rings. The highest BCUT2D eigenvalue weighted by Gasteiger charge is 2.17. The number of aliphatic hydroxyl groups excluding tert-OH is 2. The maximum Gasteiger partial charge on any atom is 0.165 e. The third-order valence-corrected chi connectivity index (χ3v) is 4.13. The number of hydrogen-bond acceptors (Lipinski definition) is 6. The second kappa shape index (κ2) is 9.43. The number of ether oxygens (including phenoxy) is 1. The Bertz CT molecular complexity index is 1090. The molecular formula is C22H23FN4O3. The minimum Gasteiger partial charge on any atom is -0.491 e.